The van der Waals surface area contributed by atoms with Crippen LogP contribution in [0, 0.1) is 0 Å². The molecule has 0 radical (unpaired) electrons. The van der Waals surface area contributed by atoms with Gasteiger partial charge < -0.3 is 20.5 Å². The van der Waals surface area contributed by atoms with Crippen LogP contribution >= 0.6 is 0 Å². The van der Waals surface area contributed by atoms with E-state index >= 15 is 0 Å². The van der Waals surface area contributed by atoms with Crippen molar-refractivity contribution in [2.24, 2.45) is 7.05 Å². The van der Waals surface area contributed by atoms with Crippen LogP contribution in [-0.2, 0) is 13.6 Å². The Hall–Kier alpha value is -2.83. The number of hydrogen-bond donors (Lipinski definition) is 2. The van der Waals surface area contributed by atoms with E-state index in [2.05, 4.69) is 25.9 Å². The van der Waals surface area contributed by atoms with Crippen molar-refractivity contribution in [3.63, 3.8) is 0 Å². The smallest absolute Gasteiger partial charge is 0.223 e. The van der Waals surface area contributed by atoms with Crippen LogP contribution in [0.5, 0.6) is 0 Å². The van der Waals surface area contributed by atoms with Crippen LogP contribution in [0.25, 0.3) is 11.0 Å². The fourth-order valence-electron chi connectivity index (χ4n) is 2.79. The van der Waals surface area contributed by atoms with Crippen molar-refractivity contribution in [2.75, 3.05) is 23.0 Å². The van der Waals surface area contributed by atoms with Gasteiger partial charge in [0.15, 0.2) is 0 Å². The lowest BCUT2D eigenvalue weighted by Crippen LogP contribution is -2.21. The van der Waals surface area contributed by atoms with Crippen LogP contribution in [0.15, 0.2) is 30.3 Å². The van der Waals surface area contributed by atoms with Gasteiger partial charge in [0, 0.05) is 26.2 Å². The van der Waals surface area contributed by atoms with Gasteiger partial charge in [-0.3, -0.25) is 0 Å². The normalized spacial score (nSPS) is 14.1. The zero-order chi connectivity index (χ0) is 16.7. The third-order valence-corrected chi connectivity index (χ3v) is 4.31. The molecule has 2 aromatic heterocycles. The number of fused-ring (bicyclic) bond motifs is 1. The third kappa shape index (κ3) is 2.84. The zero-order valence-corrected chi connectivity index (χ0v) is 13.9. The van der Waals surface area contributed by atoms with E-state index in [0.717, 1.165) is 28.5 Å². The molecule has 7 heteroatoms. The Morgan fingerprint density at radius 2 is 2.04 bits per heavy atom. The summed E-state index contributed by atoms with van der Waals surface area (Å²) in [6.45, 7) is 0.643. The van der Waals surface area contributed by atoms with E-state index < -0.39 is 0 Å². The van der Waals surface area contributed by atoms with Crippen LogP contribution in [-0.4, -0.2) is 32.6 Å². The number of nitrogen functional groups attached to an aromatic ring is 1. The minimum atomic E-state index is 0.285. The summed E-state index contributed by atoms with van der Waals surface area (Å²) >= 11 is 0. The summed E-state index contributed by atoms with van der Waals surface area (Å²) in [5.74, 6) is 2.84. The Kier molecular flexibility index (Phi) is 3.48. The van der Waals surface area contributed by atoms with Gasteiger partial charge in [-0.25, -0.2) is 4.98 Å². The van der Waals surface area contributed by atoms with Crippen LogP contribution < -0.4 is 16.0 Å². The molecule has 3 aromatic rings. The van der Waals surface area contributed by atoms with Crippen molar-refractivity contribution in [1.29, 1.82) is 0 Å². The number of aromatic nitrogens is 4. The Morgan fingerprint density at radius 1 is 1.25 bits per heavy atom. The van der Waals surface area contributed by atoms with Gasteiger partial charge in [-0.1, -0.05) is 12.1 Å². The van der Waals surface area contributed by atoms with Gasteiger partial charge in [0.2, 0.25) is 5.95 Å². The summed E-state index contributed by atoms with van der Waals surface area (Å²) in [4.78, 5) is 15.4. The maximum absolute atomic E-state index is 5.87. The molecule has 1 aliphatic rings. The Labute approximate surface area is 140 Å². The Balaban J connectivity index is 1.59. The number of imidazole rings is 1. The van der Waals surface area contributed by atoms with Gasteiger partial charge in [-0.2, -0.15) is 9.97 Å². The molecule has 3 N–H and O–H groups in total. The maximum Gasteiger partial charge on any atom is 0.223 e. The van der Waals surface area contributed by atoms with E-state index in [1.165, 1.54) is 12.8 Å². The van der Waals surface area contributed by atoms with Crippen molar-refractivity contribution in [3.05, 3.63) is 36.2 Å². The van der Waals surface area contributed by atoms with Gasteiger partial charge in [0.1, 0.15) is 17.5 Å². The monoisotopic (exact) mass is 323 g/mol. The SMILES string of the molecule is CN(Cc1nc2ccccc2n1C)c1cc(NC2CC2)nc(N)n1. The molecule has 24 heavy (non-hydrogen) atoms. The predicted octanol–water partition coefficient (Wildman–Crippen LogP) is 2.16. The molecule has 0 unspecified atom stereocenters. The molecule has 4 rings (SSSR count). The van der Waals surface area contributed by atoms with Crippen molar-refractivity contribution in [2.45, 2.75) is 25.4 Å². The lowest BCUT2D eigenvalue weighted by atomic mass is 10.3. The van der Waals surface area contributed by atoms with Gasteiger partial charge >= 0.3 is 0 Å². The molecule has 1 aliphatic carbocycles. The number of nitrogens with one attached hydrogen (secondary N) is 1. The highest BCUT2D eigenvalue weighted by atomic mass is 15.2. The molecular weight excluding hydrogens is 302 g/mol. The first-order valence-corrected chi connectivity index (χ1v) is 8.13. The molecule has 0 spiro atoms. The second-order valence-corrected chi connectivity index (χ2v) is 6.32. The average Bonchev–Trinajstić information content (AvgIpc) is 3.31. The second-order valence-electron chi connectivity index (χ2n) is 6.32. The number of benzene rings is 1. The van der Waals surface area contributed by atoms with E-state index in [1.807, 2.05) is 43.3 Å². The van der Waals surface area contributed by atoms with Crippen molar-refractivity contribution >= 4 is 28.6 Å². The molecule has 1 aromatic carbocycles. The molecular formula is C17H21N7. The first-order chi connectivity index (χ1) is 11.6. The highest BCUT2D eigenvalue weighted by Crippen LogP contribution is 2.26. The number of para-hydroxylation sites is 2. The average molecular weight is 323 g/mol. The van der Waals surface area contributed by atoms with Crippen LogP contribution in [0.4, 0.5) is 17.6 Å². The number of hydrogen-bond acceptors (Lipinski definition) is 6. The molecule has 0 saturated heterocycles. The molecule has 0 bridgehead atoms. The lowest BCUT2D eigenvalue weighted by molar-refractivity contribution is 0.768. The molecule has 7 nitrogen and oxygen atoms in total. The fraction of sp³-hybridized carbons (Fsp3) is 0.353. The van der Waals surface area contributed by atoms with Crippen molar-refractivity contribution in [1.82, 2.24) is 19.5 Å². The van der Waals surface area contributed by atoms with Crippen molar-refractivity contribution in [3.8, 4) is 0 Å². The maximum atomic E-state index is 5.87. The predicted molar refractivity (Wildman–Crippen MR) is 95.9 cm³/mol. The molecule has 2 heterocycles. The summed E-state index contributed by atoms with van der Waals surface area (Å²) < 4.78 is 2.11. The van der Waals surface area contributed by atoms with E-state index in [-0.39, 0.29) is 5.95 Å². The van der Waals surface area contributed by atoms with Gasteiger partial charge in [-0.05, 0) is 25.0 Å². The number of anilines is 3. The number of nitrogens with zero attached hydrogens (tertiary/aromatic N) is 5. The molecule has 1 saturated carbocycles. The minimum Gasteiger partial charge on any atom is -0.368 e. The lowest BCUT2D eigenvalue weighted by Gasteiger charge is -2.19. The van der Waals surface area contributed by atoms with Crippen LogP contribution in [0.2, 0.25) is 0 Å². The number of rotatable bonds is 5. The summed E-state index contributed by atoms with van der Waals surface area (Å²) in [7, 11) is 4.02. The van der Waals surface area contributed by atoms with Gasteiger partial charge in [0.05, 0.1) is 17.6 Å². The largest absolute Gasteiger partial charge is 0.368 e. The standard InChI is InChI=1S/C17H21N7/c1-23(10-16-20-12-5-3-4-6-13(12)24(16)2)15-9-14(19-11-7-8-11)21-17(18)22-15/h3-6,9,11H,7-8,10H2,1-2H3,(H3,18,19,21,22). The summed E-state index contributed by atoms with van der Waals surface area (Å²) in [6.07, 6.45) is 2.38. The molecule has 0 amide bonds. The quantitative estimate of drug-likeness (QED) is 0.748. The third-order valence-electron chi connectivity index (χ3n) is 4.31. The highest BCUT2D eigenvalue weighted by Gasteiger charge is 2.22. The van der Waals surface area contributed by atoms with E-state index in [0.29, 0.717) is 12.6 Å². The Bertz CT molecular complexity index is 882. The zero-order valence-electron chi connectivity index (χ0n) is 13.9. The summed E-state index contributed by atoms with van der Waals surface area (Å²) in [6, 6.07) is 10.6. The minimum absolute atomic E-state index is 0.285. The topological polar surface area (TPSA) is 84.9 Å². The van der Waals surface area contributed by atoms with E-state index in [4.69, 9.17) is 10.7 Å². The molecule has 0 aliphatic heterocycles. The summed E-state index contributed by atoms with van der Waals surface area (Å²) in [5.41, 5.74) is 7.99. The van der Waals surface area contributed by atoms with E-state index in [1.54, 1.807) is 0 Å². The van der Waals surface area contributed by atoms with Crippen LogP contribution in [0.3, 0.4) is 0 Å². The van der Waals surface area contributed by atoms with Crippen LogP contribution in [0.1, 0.15) is 18.7 Å². The second kappa shape index (κ2) is 5.67. The Morgan fingerprint density at radius 3 is 2.79 bits per heavy atom. The summed E-state index contributed by atoms with van der Waals surface area (Å²) in [5, 5.41) is 3.37. The van der Waals surface area contributed by atoms with Gasteiger partial charge in [-0.15, -0.1) is 0 Å². The number of nitrogens with two attached hydrogens (primary N) is 1. The van der Waals surface area contributed by atoms with Crippen molar-refractivity contribution < 1.29 is 0 Å². The highest BCUT2D eigenvalue weighted by molar-refractivity contribution is 5.75. The molecule has 1 fully saturated rings. The fourth-order valence-corrected chi connectivity index (χ4v) is 2.79. The number of aryl methyl sites for hydroxylation is 1. The first kappa shape index (κ1) is 14.7. The molecule has 124 valence electrons. The van der Waals surface area contributed by atoms with Gasteiger partial charge in [0.25, 0.3) is 0 Å². The first-order valence-electron chi connectivity index (χ1n) is 8.13. The van der Waals surface area contributed by atoms with E-state index in [9.17, 15) is 0 Å². The molecule has 0 atom stereocenters.